The Morgan fingerprint density at radius 1 is 0.523 bits per heavy atom. The molecular weight excluding hydrogens is 1180 g/mol. The first kappa shape index (κ1) is 67.7. The van der Waals surface area contributed by atoms with Crippen molar-refractivity contribution in [2.75, 3.05) is 33.0 Å². The molecule has 0 amide bonds. The predicted molar refractivity (Wildman–Crippen MR) is 286 cm³/mol. The molecule has 0 aromatic heterocycles. The Morgan fingerprint density at radius 2 is 1.05 bits per heavy atom. The molecule has 484 valence electrons. The molecule has 0 spiro atoms. The van der Waals surface area contributed by atoms with Crippen LogP contribution >= 0.6 is 0 Å². The van der Waals surface area contributed by atoms with Crippen LogP contribution in [0.15, 0.2) is 91.0 Å². The molecule has 5 heterocycles. The van der Waals surface area contributed by atoms with Gasteiger partial charge in [0.25, 0.3) is 0 Å². The van der Waals surface area contributed by atoms with Crippen LogP contribution < -0.4 is 4.74 Å². The quantitative estimate of drug-likeness (QED) is 0.0255. The van der Waals surface area contributed by atoms with Gasteiger partial charge >= 0.3 is 23.9 Å². The molecule has 5 fully saturated rings. The van der Waals surface area contributed by atoms with Gasteiger partial charge in [-0.1, -0.05) is 42.5 Å². The maximum atomic E-state index is 14.3. The van der Waals surface area contributed by atoms with Crippen molar-refractivity contribution in [3.63, 3.8) is 0 Å². The number of aliphatic hydroxyl groups is 13. The number of benzene rings is 3. The summed E-state index contributed by atoms with van der Waals surface area (Å²) in [6, 6.07) is 18.3. The van der Waals surface area contributed by atoms with E-state index in [-0.39, 0.29) is 22.6 Å². The van der Waals surface area contributed by atoms with Crippen LogP contribution in [-0.2, 0) is 71.2 Å². The Bertz CT molecular complexity index is 2820. The zero-order chi connectivity index (χ0) is 63.7. The van der Waals surface area contributed by atoms with Crippen molar-refractivity contribution in [3.8, 4) is 11.5 Å². The Morgan fingerprint density at radius 3 is 1.61 bits per heavy atom. The van der Waals surface area contributed by atoms with Crippen molar-refractivity contribution in [2.24, 2.45) is 0 Å². The second-order valence-electron chi connectivity index (χ2n) is 21.0. The van der Waals surface area contributed by atoms with E-state index >= 15 is 0 Å². The first-order valence-electron chi connectivity index (χ1n) is 27.6. The molecule has 31 nitrogen and oxygen atoms in total. The third-order valence-corrected chi connectivity index (χ3v) is 14.9. The van der Waals surface area contributed by atoms with Crippen molar-refractivity contribution in [1.82, 2.24) is 0 Å². The number of aromatic hydroxyl groups is 1. The molecule has 0 radical (unpaired) electrons. The van der Waals surface area contributed by atoms with Gasteiger partial charge in [0, 0.05) is 19.1 Å². The molecule has 24 atom stereocenters. The minimum Gasteiger partial charge on any atom is -0.508 e. The molecule has 88 heavy (non-hydrogen) atoms. The Labute approximate surface area is 500 Å². The first-order valence-corrected chi connectivity index (χ1v) is 27.6. The van der Waals surface area contributed by atoms with E-state index in [2.05, 4.69) is 0 Å². The molecule has 14 N–H and O–H groups in total. The second kappa shape index (κ2) is 30.1. The fourth-order valence-electron chi connectivity index (χ4n) is 9.98. The molecule has 5 saturated heterocycles. The number of phenols is 1. The molecule has 8 rings (SSSR count). The first-order chi connectivity index (χ1) is 41.9. The second-order valence-corrected chi connectivity index (χ2v) is 21.0. The van der Waals surface area contributed by atoms with Gasteiger partial charge in [-0.05, 0) is 66.6 Å². The molecule has 31 heteroatoms. The van der Waals surface area contributed by atoms with Crippen LogP contribution in [0.4, 0.5) is 0 Å². The lowest BCUT2D eigenvalue weighted by atomic mass is 9.95. The zero-order valence-electron chi connectivity index (χ0n) is 46.8. The number of rotatable bonds is 22. The van der Waals surface area contributed by atoms with Crippen LogP contribution in [0.3, 0.4) is 0 Å². The van der Waals surface area contributed by atoms with Crippen molar-refractivity contribution < 1.29 is 152 Å². The van der Waals surface area contributed by atoms with Crippen LogP contribution in [0.5, 0.6) is 11.5 Å². The van der Waals surface area contributed by atoms with Crippen molar-refractivity contribution in [3.05, 3.63) is 108 Å². The number of esters is 4. The summed E-state index contributed by atoms with van der Waals surface area (Å²) in [5.41, 5.74) is 0.547. The van der Waals surface area contributed by atoms with E-state index in [4.69, 9.17) is 61.6 Å². The van der Waals surface area contributed by atoms with Gasteiger partial charge in [0.1, 0.15) is 122 Å². The van der Waals surface area contributed by atoms with E-state index in [0.717, 1.165) is 19.1 Å². The van der Waals surface area contributed by atoms with E-state index in [0.29, 0.717) is 5.56 Å². The number of aliphatic hydroxyl groups excluding tert-OH is 13. The highest BCUT2D eigenvalue weighted by Crippen LogP contribution is 2.42. The summed E-state index contributed by atoms with van der Waals surface area (Å²) >= 11 is 0. The third-order valence-electron chi connectivity index (χ3n) is 14.9. The molecule has 5 aliphatic rings. The Balaban J connectivity index is 1.22. The van der Waals surface area contributed by atoms with Crippen LogP contribution in [0, 0.1) is 0 Å². The van der Waals surface area contributed by atoms with E-state index in [1.165, 1.54) is 91.9 Å². The van der Waals surface area contributed by atoms with Gasteiger partial charge in [0.05, 0.1) is 31.5 Å². The van der Waals surface area contributed by atoms with Crippen LogP contribution in [-0.4, -0.2) is 275 Å². The average Bonchev–Trinajstić information content (AvgIpc) is 1.97. The predicted octanol–water partition coefficient (Wildman–Crippen LogP) is -4.87. The van der Waals surface area contributed by atoms with E-state index in [9.17, 15) is 90.7 Å². The summed E-state index contributed by atoms with van der Waals surface area (Å²) in [5, 5.41) is 150. The number of carbonyl (C=O) groups is 4. The summed E-state index contributed by atoms with van der Waals surface area (Å²) in [5.74, 6) is -7.51. The van der Waals surface area contributed by atoms with Gasteiger partial charge in [-0.25, -0.2) is 14.4 Å². The van der Waals surface area contributed by atoms with Gasteiger partial charge in [0.15, 0.2) is 31.1 Å². The molecule has 0 unspecified atom stereocenters. The highest BCUT2D eigenvalue weighted by molar-refractivity contribution is 5.90. The minimum atomic E-state index is -2.93. The molecule has 3 aromatic rings. The van der Waals surface area contributed by atoms with Gasteiger partial charge in [-0.3, -0.25) is 4.79 Å². The largest absolute Gasteiger partial charge is 0.508 e. The molecule has 0 bridgehead atoms. The van der Waals surface area contributed by atoms with Crippen molar-refractivity contribution >= 4 is 36.0 Å². The SMILES string of the molecule is CC(=O)OC[C@H]1O[C@H](O[C@]2(COC(=O)C=Cc3ccc(O)cc3)O[C@H](CO)[C@@H](O)[C@@H]2OC(=O)c2ccccc2)[C@H](O[C@@H]2O[C@H](CO)[C@@H](O)[C@H](O)[C@H]2O)[C@@H](O[C@@H]2O[C@H](CO)[C@@H](O)[C@H](O)[C@H]2O)[C@@H]1OC(=O)C=Cc1ccc(O[C@H]2O[C@@H](C)[C@H](O)[C@@H](O)[C@H]2O)cc1. The summed E-state index contributed by atoms with van der Waals surface area (Å²) in [6.07, 6.45) is -40.7. The lowest BCUT2D eigenvalue weighted by Crippen LogP contribution is -2.69. The summed E-state index contributed by atoms with van der Waals surface area (Å²) < 4.78 is 77.4. The third kappa shape index (κ3) is 15.8. The number of ether oxygens (including phenoxy) is 13. The standard InChI is InChI=1S/C57H70O31/c1-25-38(65)42(69)45(72)53(78-25)79-31-16-10-28(11-17-31)13-19-37(64)83-48-35(23-76-26(2)61)82-56(50(85-55-47(74)44(71)40(67)33(21-59)81-55)49(48)84-54-46(73)43(70)39(66)32(20-58)80-54)88-57(24-77-36(63)18-12-27-8-14-30(62)15-9-27)51(41(68)34(22-60)87-57)86-52(75)29-6-4-3-5-7-29/h3-19,25,32-35,38-51,53-56,58-60,62,65-74H,20-24H2,1-2H3/t25-,32+,33+,34+,35+,38-,39+,40+,41+,42+,43-,44-,45+,46+,47+,48+,49-,50+,51-,53+,54-,55-,56+,57-/m0/s1. The van der Waals surface area contributed by atoms with Gasteiger partial charge < -0.3 is 133 Å². The number of carbonyl (C=O) groups excluding carboxylic acids is 4. The number of hydrogen-bond donors (Lipinski definition) is 14. The Kier molecular flexibility index (Phi) is 23.1. The summed E-state index contributed by atoms with van der Waals surface area (Å²) in [7, 11) is 0. The lowest BCUT2D eigenvalue weighted by Gasteiger charge is -2.50. The zero-order valence-corrected chi connectivity index (χ0v) is 46.8. The smallest absolute Gasteiger partial charge is 0.338 e. The number of hydrogen-bond acceptors (Lipinski definition) is 31. The van der Waals surface area contributed by atoms with E-state index in [1.807, 2.05) is 0 Å². The molecule has 5 aliphatic heterocycles. The number of phenolic OH excluding ortho intramolecular Hbond substituents is 1. The average molecular weight is 1250 g/mol. The molecular formula is C57H70O31. The summed E-state index contributed by atoms with van der Waals surface area (Å²) in [6.45, 7) is -2.88. The molecule has 0 aliphatic carbocycles. The molecule has 3 aromatic carbocycles. The fourth-order valence-corrected chi connectivity index (χ4v) is 9.98. The minimum absolute atomic E-state index is 0.0946. The van der Waals surface area contributed by atoms with Crippen LogP contribution in [0.2, 0.25) is 0 Å². The van der Waals surface area contributed by atoms with E-state index in [1.54, 1.807) is 6.07 Å². The Hall–Kier alpha value is -6.22. The lowest BCUT2D eigenvalue weighted by molar-refractivity contribution is -0.421. The maximum Gasteiger partial charge on any atom is 0.338 e. The maximum absolute atomic E-state index is 14.3. The van der Waals surface area contributed by atoms with Crippen molar-refractivity contribution in [1.29, 1.82) is 0 Å². The van der Waals surface area contributed by atoms with Gasteiger partial charge in [0.2, 0.25) is 12.1 Å². The van der Waals surface area contributed by atoms with Gasteiger partial charge in [-0.15, -0.1) is 0 Å². The van der Waals surface area contributed by atoms with Crippen LogP contribution in [0.25, 0.3) is 12.2 Å². The van der Waals surface area contributed by atoms with Gasteiger partial charge in [-0.2, -0.15) is 0 Å². The molecule has 0 saturated carbocycles. The highest BCUT2D eigenvalue weighted by Gasteiger charge is 2.64. The van der Waals surface area contributed by atoms with Crippen LogP contribution in [0.1, 0.15) is 35.3 Å². The van der Waals surface area contributed by atoms with Crippen molar-refractivity contribution in [2.45, 2.75) is 161 Å². The van der Waals surface area contributed by atoms with E-state index < -0.39 is 204 Å². The normalized spacial score (nSPS) is 37.7. The highest BCUT2D eigenvalue weighted by atomic mass is 16.8. The fraction of sp³-hybridized carbons (Fsp3) is 0.544. The topological polar surface area (TPSA) is 471 Å². The monoisotopic (exact) mass is 1250 g/mol. The summed E-state index contributed by atoms with van der Waals surface area (Å²) in [4.78, 5) is 54.6.